The van der Waals surface area contributed by atoms with E-state index < -0.39 is 5.54 Å². The molecule has 1 amide bonds. The Morgan fingerprint density at radius 3 is 2.43 bits per heavy atom. The molecule has 2 aliphatic rings. The minimum Gasteiger partial charge on any atom is -0.376 e. The van der Waals surface area contributed by atoms with Gasteiger partial charge in [0.25, 0.3) is 0 Å². The molecular weight excluding hydrogens is 288 g/mol. The molecule has 0 aromatic heterocycles. The van der Waals surface area contributed by atoms with E-state index in [0.29, 0.717) is 25.0 Å². The molecule has 0 spiro atoms. The first-order valence-electron chi connectivity index (χ1n) is 8.78. The summed E-state index contributed by atoms with van der Waals surface area (Å²) in [5.74, 6) is 1.24. The molecule has 0 unspecified atom stereocenters. The van der Waals surface area contributed by atoms with Crippen LogP contribution in [0.4, 0.5) is 0 Å². The molecule has 1 aromatic rings. The monoisotopic (exact) mass is 316 g/mol. The number of hydrogen-bond acceptors (Lipinski definition) is 3. The van der Waals surface area contributed by atoms with Gasteiger partial charge in [0.05, 0.1) is 13.2 Å². The maximum absolute atomic E-state index is 12.7. The maximum atomic E-state index is 12.7. The minimum absolute atomic E-state index is 0.149. The smallest absolute Gasteiger partial charge is 0.245 e. The van der Waals surface area contributed by atoms with Crippen LogP contribution in [-0.4, -0.2) is 49.2 Å². The van der Waals surface area contributed by atoms with Crippen molar-refractivity contribution in [3.05, 3.63) is 35.9 Å². The molecule has 2 aliphatic heterocycles. The summed E-state index contributed by atoms with van der Waals surface area (Å²) in [5, 5.41) is 3.10. The van der Waals surface area contributed by atoms with Crippen molar-refractivity contribution < 1.29 is 9.53 Å². The van der Waals surface area contributed by atoms with E-state index >= 15 is 0 Å². The lowest BCUT2D eigenvalue weighted by molar-refractivity contribution is -0.173. The predicted molar refractivity (Wildman–Crippen MR) is 91.4 cm³/mol. The third kappa shape index (κ3) is 3.43. The van der Waals surface area contributed by atoms with E-state index in [0.717, 1.165) is 32.5 Å². The Bertz CT molecular complexity index is 517. The molecule has 0 saturated carbocycles. The maximum Gasteiger partial charge on any atom is 0.245 e. The Morgan fingerprint density at radius 2 is 1.91 bits per heavy atom. The number of piperidine rings is 1. The second-order valence-electron chi connectivity index (χ2n) is 7.30. The van der Waals surface area contributed by atoms with Crippen LogP contribution < -0.4 is 5.32 Å². The summed E-state index contributed by atoms with van der Waals surface area (Å²) in [6.45, 7) is 7.99. The standard InChI is InChI=1S/C19H28N2O2/c1-15(2)12-20-18(22)19(13-23-14-19)21-10-8-17(9-11-21)16-6-4-3-5-7-16/h3-7,15,17H,8-14H2,1-2H3,(H,20,22). The number of likely N-dealkylation sites (tertiary alicyclic amines) is 1. The van der Waals surface area contributed by atoms with Crippen molar-refractivity contribution in [2.24, 2.45) is 5.92 Å². The molecule has 4 nitrogen and oxygen atoms in total. The molecule has 1 N–H and O–H groups in total. The number of carbonyl (C=O) groups is 1. The molecule has 2 fully saturated rings. The largest absolute Gasteiger partial charge is 0.376 e. The summed E-state index contributed by atoms with van der Waals surface area (Å²) in [5.41, 5.74) is 1.01. The second-order valence-corrected chi connectivity index (χ2v) is 7.30. The Morgan fingerprint density at radius 1 is 1.26 bits per heavy atom. The van der Waals surface area contributed by atoms with Gasteiger partial charge in [-0.2, -0.15) is 0 Å². The molecular formula is C19H28N2O2. The average Bonchev–Trinajstić information content (AvgIpc) is 2.53. The molecule has 3 rings (SSSR count). The summed E-state index contributed by atoms with van der Waals surface area (Å²) >= 11 is 0. The Hall–Kier alpha value is -1.39. The van der Waals surface area contributed by atoms with E-state index in [4.69, 9.17) is 4.74 Å². The fourth-order valence-electron chi connectivity index (χ4n) is 3.58. The van der Waals surface area contributed by atoms with Crippen molar-refractivity contribution in [3.8, 4) is 0 Å². The van der Waals surface area contributed by atoms with Crippen molar-refractivity contribution in [1.82, 2.24) is 10.2 Å². The van der Waals surface area contributed by atoms with Gasteiger partial charge in [-0.3, -0.25) is 9.69 Å². The highest BCUT2D eigenvalue weighted by Crippen LogP contribution is 2.34. The molecule has 0 bridgehead atoms. The fraction of sp³-hybridized carbons (Fsp3) is 0.632. The van der Waals surface area contributed by atoms with Crippen LogP contribution in [0.2, 0.25) is 0 Å². The second kappa shape index (κ2) is 7.02. The molecule has 0 aliphatic carbocycles. The minimum atomic E-state index is -0.420. The lowest BCUT2D eigenvalue weighted by Gasteiger charge is -2.50. The van der Waals surface area contributed by atoms with E-state index in [2.05, 4.69) is 54.4 Å². The van der Waals surface area contributed by atoms with Crippen molar-refractivity contribution in [2.75, 3.05) is 32.8 Å². The molecule has 0 radical (unpaired) electrons. The van der Waals surface area contributed by atoms with Gasteiger partial charge >= 0.3 is 0 Å². The normalized spacial score (nSPS) is 21.9. The van der Waals surface area contributed by atoms with Crippen molar-refractivity contribution in [1.29, 1.82) is 0 Å². The molecule has 2 heterocycles. The predicted octanol–water partition coefficient (Wildman–Crippen LogP) is 2.41. The SMILES string of the molecule is CC(C)CNC(=O)C1(N2CCC(c3ccccc3)CC2)COC1. The molecule has 2 saturated heterocycles. The van der Waals surface area contributed by atoms with Crippen LogP contribution in [0.15, 0.2) is 30.3 Å². The van der Waals surface area contributed by atoms with Crippen molar-refractivity contribution in [2.45, 2.75) is 38.1 Å². The number of amides is 1. The highest BCUT2D eigenvalue weighted by molar-refractivity contribution is 5.87. The van der Waals surface area contributed by atoms with E-state index in [1.807, 2.05) is 0 Å². The van der Waals surface area contributed by atoms with Crippen LogP contribution >= 0.6 is 0 Å². The quantitative estimate of drug-likeness (QED) is 0.907. The number of nitrogens with one attached hydrogen (secondary N) is 1. The zero-order valence-corrected chi connectivity index (χ0v) is 14.3. The zero-order valence-electron chi connectivity index (χ0n) is 14.3. The van der Waals surface area contributed by atoms with Crippen molar-refractivity contribution in [3.63, 3.8) is 0 Å². The first kappa shape index (κ1) is 16.5. The van der Waals surface area contributed by atoms with Gasteiger partial charge < -0.3 is 10.1 Å². The van der Waals surface area contributed by atoms with Gasteiger partial charge in [-0.25, -0.2) is 0 Å². The molecule has 1 aromatic carbocycles. The highest BCUT2D eigenvalue weighted by Gasteiger charge is 2.51. The van der Waals surface area contributed by atoms with Gasteiger partial charge in [-0.15, -0.1) is 0 Å². The van der Waals surface area contributed by atoms with Gasteiger partial charge in [0.15, 0.2) is 0 Å². The van der Waals surface area contributed by atoms with Gasteiger partial charge in [0, 0.05) is 6.54 Å². The van der Waals surface area contributed by atoms with Crippen LogP contribution in [0.1, 0.15) is 38.2 Å². The molecule has 126 valence electrons. The number of ether oxygens (including phenoxy) is 1. The lowest BCUT2D eigenvalue weighted by Crippen LogP contribution is -2.71. The molecule has 0 atom stereocenters. The fourth-order valence-corrected chi connectivity index (χ4v) is 3.58. The van der Waals surface area contributed by atoms with Gasteiger partial charge in [0.2, 0.25) is 5.91 Å². The average molecular weight is 316 g/mol. The van der Waals surface area contributed by atoms with Crippen molar-refractivity contribution >= 4 is 5.91 Å². The number of nitrogens with zero attached hydrogens (tertiary/aromatic N) is 1. The Labute approximate surface area is 139 Å². The van der Waals surface area contributed by atoms with Crippen LogP contribution in [-0.2, 0) is 9.53 Å². The topological polar surface area (TPSA) is 41.6 Å². The first-order chi connectivity index (χ1) is 11.1. The van der Waals surface area contributed by atoms with E-state index in [1.165, 1.54) is 5.56 Å². The van der Waals surface area contributed by atoms with E-state index in [1.54, 1.807) is 0 Å². The van der Waals surface area contributed by atoms with Crippen LogP contribution in [0.5, 0.6) is 0 Å². The van der Waals surface area contributed by atoms with E-state index in [9.17, 15) is 4.79 Å². The summed E-state index contributed by atoms with van der Waals surface area (Å²) in [7, 11) is 0. The third-order valence-corrected chi connectivity index (χ3v) is 5.15. The molecule has 4 heteroatoms. The number of benzene rings is 1. The van der Waals surface area contributed by atoms with E-state index in [-0.39, 0.29) is 5.91 Å². The Balaban J connectivity index is 1.60. The van der Waals surface area contributed by atoms with Gasteiger partial charge in [-0.1, -0.05) is 44.2 Å². The van der Waals surface area contributed by atoms with Crippen LogP contribution in [0.3, 0.4) is 0 Å². The van der Waals surface area contributed by atoms with Gasteiger partial charge in [-0.05, 0) is 43.3 Å². The lowest BCUT2D eigenvalue weighted by atomic mass is 9.85. The van der Waals surface area contributed by atoms with Crippen LogP contribution in [0.25, 0.3) is 0 Å². The molecule has 23 heavy (non-hydrogen) atoms. The third-order valence-electron chi connectivity index (χ3n) is 5.15. The van der Waals surface area contributed by atoms with Gasteiger partial charge in [0.1, 0.15) is 5.54 Å². The summed E-state index contributed by atoms with van der Waals surface area (Å²) in [4.78, 5) is 15.0. The number of carbonyl (C=O) groups excluding carboxylic acids is 1. The zero-order chi connectivity index (χ0) is 16.3. The summed E-state index contributed by atoms with van der Waals surface area (Å²) < 4.78 is 5.43. The highest BCUT2D eigenvalue weighted by atomic mass is 16.5. The number of rotatable bonds is 5. The first-order valence-corrected chi connectivity index (χ1v) is 8.78. The summed E-state index contributed by atoms with van der Waals surface area (Å²) in [6, 6.07) is 10.7. The van der Waals surface area contributed by atoms with Crippen LogP contribution in [0, 0.1) is 5.92 Å². The number of hydrogen-bond donors (Lipinski definition) is 1. The Kier molecular flexibility index (Phi) is 5.02. The summed E-state index contributed by atoms with van der Waals surface area (Å²) in [6.07, 6.45) is 2.23.